The van der Waals surface area contributed by atoms with E-state index in [9.17, 15) is 8.42 Å². The number of benzene rings is 3. The number of anilines is 1. The maximum absolute atomic E-state index is 12.8. The Bertz CT molecular complexity index is 1510. The van der Waals surface area contributed by atoms with Gasteiger partial charge in [0.15, 0.2) is 6.29 Å². The predicted octanol–water partition coefficient (Wildman–Crippen LogP) is 6.03. The van der Waals surface area contributed by atoms with Crippen LogP contribution in [0.15, 0.2) is 71.6 Å². The molecular weight excluding hydrogens is 548 g/mol. The lowest BCUT2D eigenvalue weighted by molar-refractivity contribution is -0.198. The fraction of sp³-hybridized carbons (Fsp3) is 0.367. The highest BCUT2D eigenvalue weighted by Gasteiger charge is 2.24. The average molecular weight is 583 g/mol. The molecule has 1 aliphatic heterocycles. The molecule has 5 rings (SSSR count). The Balaban J connectivity index is 1.27. The third-order valence-electron chi connectivity index (χ3n) is 6.63. The molecular formula is C30H34N2O6S2. The van der Waals surface area contributed by atoms with Crippen molar-refractivity contribution < 1.29 is 26.8 Å². The highest BCUT2D eigenvalue weighted by atomic mass is 32.2. The Morgan fingerprint density at radius 1 is 1.02 bits per heavy atom. The molecule has 0 N–H and O–H groups in total. The maximum atomic E-state index is 12.8. The van der Waals surface area contributed by atoms with Crippen molar-refractivity contribution in [1.82, 2.24) is 4.98 Å². The number of nitrogens with zero attached hydrogens (tertiary/aromatic N) is 2. The number of ether oxygens (including phenoxy) is 3. The molecule has 0 spiro atoms. The van der Waals surface area contributed by atoms with Crippen LogP contribution >= 0.6 is 11.3 Å². The highest BCUT2D eigenvalue weighted by Crippen LogP contribution is 2.33. The zero-order chi connectivity index (χ0) is 28.1. The van der Waals surface area contributed by atoms with Crippen LogP contribution in [0.3, 0.4) is 0 Å². The molecule has 1 fully saturated rings. The molecule has 10 heteroatoms. The monoisotopic (exact) mass is 582 g/mol. The quantitative estimate of drug-likeness (QED) is 0.198. The van der Waals surface area contributed by atoms with Crippen LogP contribution < -0.4 is 9.64 Å². The Kier molecular flexibility index (Phi) is 9.02. The summed E-state index contributed by atoms with van der Waals surface area (Å²) in [6, 6.07) is 20.6. The summed E-state index contributed by atoms with van der Waals surface area (Å²) in [5.74, 6) is 0.644. The number of aryl methyl sites for hydroxylation is 1. The normalized spacial score (nSPS) is 16.6. The van der Waals surface area contributed by atoms with E-state index in [1.165, 1.54) is 12.1 Å². The SMILES string of the molecule is Cc1ccc(S(=O)(=O)OC[C@H](COc2ccc3nc(-c4ccc(N(C)C)cc4)sc3c2)OC2CCCCO2)cc1. The summed E-state index contributed by atoms with van der Waals surface area (Å²) in [6.45, 7) is 2.43. The number of fused-ring (bicyclic) bond motifs is 1. The van der Waals surface area contributed by atoms with Crippen molar-refractivity contribution in [1.29, 1.82) is 0 Å². The van der Waals surface area contributed by atoms with Gasteiger partial charge in [0, 0.05) is 32.0 Å². The van der Waals surface area contributed by atoms with Crippen LogP contribution in [0.4, 0.5) is 5.69 Å². The van der Waals surface area contributed by atoms with Gasteiger partial charge in [-0.3, -0.25) is 4.18 Å². The summed E-state index contributed by atoms with van der Waals surface area (Å²) < 4.78 is 49.8. The highest BCUT2D eigenvalue weighted by molar-refractivity contribution is 7.86. The largest absolute Gasteiger partial charge is 0.491 e. The van der Waals surface area contributed by atoms with Crippen molar-refractivity contribution in [3.63, 3.8) is 0 Å². The van der Waals surface area contributed by atoms with E-state index in [2.05, 4.69) is 29.2 Å². The van der Waals surface area contributed by atoms with E-state index in [1.807, 2.05) is 39.2 Å². The van der Waals surface area contributed by atoms with Crippen molar-refractivity contribution in [3.8, 4) is 16.3 Å². The van der Waals surface area contributed by atoms with E-state index in [0.717, 1.165) is 51.3 Å². The molecule has 0 amide bonds. The van der Waals surface area contributed by atoms with Gasteiger partial charge in [-0.1, -0.05) is 17.7 Å². The molecule has 1 unspecified atom stereocenters. The first kappa shape index (κ1) is 28.5. The minimum absolute atomic E-state index is 0.104. The summed E-state index contributed by atoms with van der Waals surface area (Å²) in [4.78, 5) is 6.95. The van der Waals surface area contributed by atoms with Crippen LogP contribution in [0.25, 0.3) is 20.8 Å². The van der Waals surface area contributed by atoms with Crippen LogP contribution in [0.2, 0.25) is 0 Å². The van der Waals surface area contributed by atoms with Gasteiger partial charge >= 0.3 is 0 Å². The molecule has 2 atom stereocenters. The Hall–Kier alpha value is -3.02. The lowest BCUT2D eigenvalue weighted by atomic mass is 10.2. The second-order valence-corrected chi connectivity index (χ2v) is 12.7. The number of hydrogen-bond donors (Lipinski definition) is 0. The summed E-state index contributed by atoms with van der Waals surface area (Å²) in [5.41, 5.74) is 4.05. The Morgan fingerprint density at radius 3 is 2.50 bits per heavy atom. The van der Waals surface area contributed by atoms with Gasteiger partial charge in [0.2, 0.25) is 0 Å². The number of thiazole rings is 1. The smallest absolute Gasteiger partial charge is 0.297 e. The van der Waals surface area contributed by atoms with E-state index in [-0.39, 0.29) is 18.1 Å². The number of aromatic nitrogens is 1. The molecule has 0 saturated carbocycles. The maximum Gasteiger partial charge on any atom is 0.297 e. The average Bonchev–Trinajstić information content (AvgIpc) is 3.39. The number of hydrogen-bond acceptors (Lipinski definition) is 9. The summed E-state index contributed by atoms with van der Waals surface area (Å²) in [6.07, 6.45) is 1.65. The molecule has 212 valence electrons. The topological polar surface area (TPSA) is 87.2 Å². The molecule has 1 aromatic heterocycles. The molecule has 2 heterocycles. The minimum atomic E-state index is -3.94. The first-order valence-electron chi connectivity index (χ1n) is 13.3. The second kappa shape index (κ2) is 12.7. The molecule has 0 aliphatic carbocycles. The van der Waals surface area contributed by atoms with Gasteiger partial charge in [0.05, 0.1) is 21.7 Å². The molecule has 0 radical (unpaired) electrons. The van der Waals surface area contributed by atoms with Gasteiger partial charge in [-0.05, 0) is 80.8 Å². The molecule has 1 aliphatic rings. The lowest BCUT2D eigenvalue weighted by Crippen LogP contribution is -2.35. The van der Waals surface area contributed by atoms with E-state index in [0.29, 0.717) is 12.4 Å². The summed E-state index contributed by atoms with van der Waals surface area (Å²) >= 11 is 1.59. The zero-order valence-electron chi connectivity index (χ0n) is 22.9. The van der Waals surface area contributed by atoms with Gasteiger partial charge < -0.3 is 19.1 Å². The molecule has 1 saturated heterocycles. The van der Waals surface area contributed by atoms with Crippen LogP contribution in [-0.4, -0.2) is 59.7 Å². The van der Waals surface area contributed by atoms with Crippen molar-refractivity contribution in [2.75, 3.05) is 38.8 Å². The molecule has 3 aromatic carbocycles. The summed E-state index contributed by atoms with van der Waals surface area (Å²) in [7, 11) is 0.0885. The van der Waals surface area contributed by atoms with Gasteiger partial charge in [0.25, 0.3) is 10.1 Å². The summed E-state index contributed by atoms with van der Waals surface area (Å²) in [5, 5.41) is 0.933. The van der Waals surface area contributed by atoms with E-state index < -0.39 is 22.5 Å². The standard InChI is InChI=1S/C30H34N2O6S2/c1-21-7-14-26(15-8-21)40(33,34)37-20-25(38-29-6-4-5-17-35-29)19-36-24-13-16-27-28(18-24)39-30(31-27)22-9-11-23(12-10-22)32(2)3/h7-16,18,25,29H,4-6,17,19-20H2,1-3H3/t25-,29?/m0/s1. The zero-order valence-corrected chi connectivity index (χ0v) is 24.5. The third kappa shape index (κ3) is 7.18. The fourth-order valence-corrected chi connectivity index (χ4v) is 6.24. The molecule has 40 heavy (non-hydrogen) atoms. The Labute approximate surface area is 239 Å². The van der Waals surface area contributed by atoms with E-state index in [1.54, 1.807) is 23.5 Å². The van der Waals surface area contributed by atoms with Crippen molar-refractivity contribution >= 4 is 37.4 Å². The van der Waals surface area contributed by atoms with Gasteiger partial charge in [0.1, 0.15) is 23.5 Å². The van der Waals surface area contributed by atoms with Gasteiger partial charge in [-0.2, -0.15) is 8.42 Å². The van der Waals surface area contributed by atoms with Crippen LogP contribution in [0.5, 0.6) is 5.75 Å². The molecule has 0 bridgehead atoms. The van der Waals surface area contributed by atoms with Crippen LogP contribution in [0, 0.1) is 6.92 Å². The van der Waals surface area contributed by atoms with Crippen molar-refractivity contribution in [3.05, 3.63) is 72.3 Å². The molecule has 4 aromatic rings. The first-order valence-corrected chi connectivity index (χ1v) is 15.5. The van der Waals surface area contributed by atoms with Crippen LogP contribution in [-0.2, 0) is 23.8 Å². The van der Waals surface area contributed by atoms with Crippen LogP contribution in [0.1, 0.15) is 24.8 Å². The van der Waals surface area contributed by atoms with E-state index >= 15 is 0 Å². The first-order chi connectivity index (χ1) is 19.3. The fourth-order valence-electron chi connectivity index (χ4n) is 4.31. The Morgan fingerprint density at radius 2 is 1.80 bits per heavy atom. The molecule has 8 nitrogen and oxygen atoms in total. The lowest BCUT2D eigenvalue weighted by Gasteiger charge is -2.27. The van der Waals surface area contributed by atoms with Gasteiger partial charge in [-0.15, -0.1) is 11.3 Å². The predicted molar refractivity (Wildman–Crippen MR) is 158 cm³/mol. The second-order valence-electron chi connectivity index (χ2n) is 10.0. The van der Waals surface area contributed by atoms with Crippen molar-refractivity contribution in [2.45, 2.75) is 43.5 Å². The third-order valence-corrected chi connectivity index (χ3v) is 8.99. The number of rotatable bonds is 11. The van der Waals surface area contributed by atoms with Gasteiger partial charge in [-0.25, -0.2) is 4.98 Å². The van der Waals surface area contributed by atoms with E-state index in [4.69, 9.17) is 23.4 Å². The van der Waals surface area contributed by atoms with Crippen molar-refractivity contribution in [2.24, 2.45) is 0 Å². The minimum Gasteiger partial charge on any atom is -0.491 e.